The van der Waals surface area contributed by atoms with Crippen molar-refractivity contribution in [1.29, 1.82) is 0 Å². The molecular formula is C12H26O2. The van der Waals surface area contributed by atoms with Crippen LogP contribution in [-0.4, -0.2) is 20.5 Å². The maximum Gasteiger partial charge on any atom is 0.146 e. The van der Waals surface area contributed by atoms with E-state index >= 15 is 0 Å². The molecule has 0 aromatic heterocycles. The highest BCUT2D eigenvalue weighted by Gasteiger charge is 2.25. The molecule has 0 heterocycles. The Labute approximate surface area is 89.0 Å². The fourth-order valence-corrected chi connectivity index (χ4v) is 1.77. The molecule has 0 aliphatic carbocycles. The average molecular weight is 202 g/mol. The molecule has 0 spiro atoms. The van der Waals surface area contributed by atoms with Gasteiger partial charge in [-0.05, 0) is 24.7 Å². The second-order valence-electron chi connectivity index (χ2n) is 4.07. The fraction of sp³-hybridized carbons (Fsp3) is 1.00. The van der Waals surface area contributed by atoms with Crippen LogP contribution >= 0.6 is 0 Å². The van der Waals surface area contributed by atoms with E-state index in [0.717, 1.165) is 6.61 Å². The molecule has 0 saturated carbocycles. The average Bonchev–Trinajstić information content (AvgIpc) is 2.24. The van der Waals surface area contributed by atoms with Gasteiger partial charge in [0.1, 0.15) is 6.79 Å². The lowest BCUT2D eigenvalue weighted by Crippen LogP contribution is -2.26. The van der Waals surface area contributed by atoms with Crippen molar-refractivity contribution in [3.05, 3.63) is 0 Å². The van der Waals surface area contributed by atoms with E-state index < -0.39 is 0 Å². The molecule has 2 heteroatoms. The zero-order chi connectivity index (χ0) is 10.9. The second-order valence-corrected chi connectivity index (χ2v) is 4.07. The van der Waals surface area contributed by atoms with Gasteiger partial charge in [0.25, 0.3) is 0 Å². The third-order valence-corrected chi connectivity index (χ3v) is 3.17. The number of rotatable bonds is 9. The summed E-state index contributed by atoms with van der Waals surface area (Å²) in [6.45, 7) is 8.03. The van der Waals surface area contributed by atoms with Crippen LogP contribution in [0.25, 0.3) is 0 Å². The Balaban J connectivity index is 3.94. The van der Waals surface area contributed by atoms with Crippen LogP contribution < -0.4 is 0 Å². The molecule has 2 nitrogen and oxygen atoms in total. The predicted molar refractivity (Wildman–Crippen MR) is 60.4 cm³/mol. The quantitative estimate of drug-likeness (QED) is 0.420. The van der Waals surface area contributed by atoms with Crippen LogP contribution in [0.4, 0.5) is 0 Å². The largest absolute Gasteiger partial charge is 0.359 e. The number of hydrogen-bond donors (Lipinski definition) is 0. The van der Waals surface area contributed by atoms with Gasteiger partial charge in [-0.2, -0.15) is 0 Å². The number of methoxy groups -OCH3 is 1. The second kappa shape index (κ2) is 8.25. The summed E-state index contributed by atoms with van der Waals surface area (Å²) in [6.07, 6.45) is 6.25. The predicted octanol–water partition coefficient (Wildman–Crippen LogP) is 3.60. The lowest BCUT2D eigenvalue weighted by Gasteiger charge is -2.31. The summed E-state index contributed by atoms with van der Waals surface area (Å²) in [5, 5.41) is 0. The molecule has 0 N–H and O–H groups in total. The highest BCUT2D eigenvalue weighted by Crippen LogP contribution is 2.32. The minimum absolute atomic E-state index is 0.383. The summed E-state index contributed by atoms with van der Waals surface area (Å²) in [4.78, 5) is 0. The van der Waals surface area contributed by atoms with E-state index in [4.69, 9.17) is 9.47 Å². The lowest BCUT2D eigenvalue weighted by molar-refractivity contribution is -0.0692. The third kappa shape index (κ3) is 4.97. The standard InChI is InChI=1S/C12H26O2/c1-5-8-9-12(6-2,7-3)10-14-11-13-4/h5-11H2,1-4H3. The number of unbranched alkanes of at least 4 members (excludes halogenated alkanes) is 1. The molecule has 0 saturated heterocycles. The maximum atomic E-state index is 5.50. The topological polar surface area (TPSA) is 18.5 Å². The summed E-state index contributed by atoms with van der Waals surface area (Å²) in [5.41, 5.74) is 0.383. The van der Waals surface area contributed by atoms with Crippen molar-refractivity contribution in [3.63, 3.8) is 0 Å². The van der Waals surface area contributed by atoms with Gasteiger partial charge >= 0.3 is 0 Å². The van der Waals surface area contributed by atoms with Crippen molar-refractivity contribution >= 4 is 0 Å². The normalized spacial score (nSPS) is 12.0. The molecule has 0 aromatic carbocycles. The van der Waals surface area contributed by atoms with E-state index in [9.17, 15) is 0 Å². The van der Waals surface area contributed by atoms with Crippen molar-refractivity contribution in [1.82, 2.24) is 0 Å². The molecule has 0 aliphatic heterocycles. The van der Waals surface area contributed by atoms with Crippen molar-refractivity contribution < 1.29 is 9.47 Å². The van der Waals surface area contributed by atoms with Gasteiger partial charge in [0.2, 0.25) is 0 Å². The smallest absolute Gasteiger partial charge is 0.146 e. The van der Waals surface area contributed by atoms with E-state index in [1.54, 1.807) is 7.11 Å². The zero-order valence-electron chi connectivity index (χ0n) is 10.3. The highest BCUT2D eigenvalue weighted by atomic mass is 16.7. The fourth-order valence-electron chi connectivity index (χ4n) is 1.77. The van der Waals surface area contributed by atoms with Gasteiger partial charge in [-0.25, -0.2) is 0 Å². The first-order valence-corrected chi connectivity index (χ1v) is 5.81. The molecule has 0 aromatic rings. The van der Waals surface area contributed by atoms with Crippen LogP contribution in [0.2, 0.25) is 0 Å². The Morgan fingerprint density at radius 2 is 1.71 bits per heavy atom. The lowest BCUT2D eigenvalue weighted by atomic mass is 9.79. The molecule has 0 radical (unpaired) electrons. The van der Waals surface area contributed by atoms with Gasteiger partial charge in [0.15, 0.2) is 0 Å². The SMILES string of the molecule is CCCCC(CC)(CC)COCOC. The Hall–Kier alpha value is -0.0800. The van der Waals surface area contributed by atoms with Crippen molar-refractivity contribution in [2.45, 2.75) is 52.9 Å². The maximum absolute atomic E-state index is 5.50. The van der Waals surface area contributed by atoms with Crippen LogP contribution in [0.5, 0.6) is 0 Å². The summed E-state index contributed by atoms with van der Waals surface area (Å²) in [7, 11) is 1.67. The Morgan fingerprint density at radius 3 is 2.14 bits per heavy atom. The van der Waals surface area contributed by atoms with E-state index in [-0.39, 0.29) is 0 Å². The summed E-state index contributed by atoms with van der Waals surface area (Å²) >= 11 is 0. The highest BCUT2D eigenvalue weighted by molar-refractivity contribution is 4.75. The molecule has 14 heavy (non-hydrogen) atoms. The summed E-state index contributed by atoms with van der Waals surface area (Å²) < 4.78 is 10.4. The zero-order valence-corrected chi connectivity index (χ0v) is 10.3. The van der Waals surface area contributed by atoms with Gasteiger partial charge in [0, 0.05) is 7.11 Å². The van der Waals surface area contributed by atoms with Gasteiger partial charge in [-0.15, -0.1) is 0 Å². The summed E-state index contributed by atoms with van der Waals surface area (Å²) in [5.74, 6) is 0. The van der Waals surface area contributed by atoms with E-state index in [2.05, 4.69) is 20.8 Å². The molecule has 0 amide bonds. The first kappa shape index (κ1) is 13.9. The number of hydrogen-bond acceptors (Lipinski definition) is 2. The van der Waals surface area contributed by atoms with Gasteiger partial charge in [0.05, 0.1) is 6.61 Å². The first-order chi connectivity index (χ1) is 6.74. The van der Waals surface area contributed by atoms with E-state index in [1.807, 2.05) is 0 Å². The molecule has 0 aliphatic rings. The minimum atomic E-state index is 0.383. The van der Waals surface area contributed by atoms with Crippen molar-refractivity contribution in [2.24, 2.45) is 5.41 Å². The van der Waals surface area contributed by atoms with Crippen LogP contribution in [0.3, 0.4) is 0 Å². The van der Waals surface area contributed by atoms with Gasteiger partial charge in [-0.1, -0.05) is 33.6 Å². The first-order valence-electron chi connectivity index (χ1n) is 5.81. The Kier molecular flexibility index (Phi) is 8.20. The van der Waals surface area contributed by atoms with Crippen LogP contribution in [0.15, 0.2) is 0 Å². The molecule has 0 bridgehead atoms. The van der Waals surface area contributed by atoms with Crippen LogP contribution in [-0.2, 0) is 9.47 Å². The van der Waals surface area contributed by atoms with Crippen LogP contribution in [0, 0.1) is 5.41 Å². The van der Waals surface area contributed by atoms with Gasteiger partial charge in [-0.3, -0.25) is 0 Å². The van der Waals surface area contributed by atoms with Gasteiger partial charge < -0.3 is 9.47 Å². The van der Waals surface area contributed by atoms with Crippen molar-refractivity contribution in [2.75, 3.05) is 20.5 Å². The van der Waals surface area contributed by atoms with E-state index in [1.165, 1.54) is 32.1 Å². The third-order valence-electron chi connectivity index (χ3n) is 3.17. The van der Waals surface area contributed by atoms with Crippen LogP contribution in [0.1, 0.15) is 52.9 Å². The van der Waals surface area contributed by atoms with Crippen molar-refractivity contribution in [3.8, 4) is 0 Å². The molecular weight excluding hydrogens is 176 g/mol. The number of ether oxygens (including phenoxy) is 2. The Bertz CT molecular complexity index is 119. The molecule has 0 fully saturated rings. The summed E-state index contributed by atoms with van der Waals surface area (Å²) in [6, 6.07) is 0. The molecule has 86 valence electrons. The van der Waals surface area contributed by atoms with E-state index in [0.29, 0.717) is 12.2 Å². The minimum Gasteiger partial charge on any atom is -0.359 e. The molecule has 0 atom stereocenters. The monoisotopic (exact) mass is 202 g/mol. The Morgan fingerprint density at radius 1 is 1.07 bits per heavy atom. The molecule has 0 rings (SSSR count). The molecule has 0 unspecified atom stereocenters.